The molecule has 4 heteroatoms. The maximum atomic E-state index is 10.7. The van der Waals surface area contributed by atoms with Crippen LogP contribution in [0.2, 0.25) is 0 Å². The summed E-state index contributed by atoms with van der Waals surface area (Å²) in [5, 5.41) is 19.6. The first-order valence-corrected chi connectivity index (χ1v) is 4.25. The van der Waals surface area contributed by atoms with Gasteiger partial charge in [-0.05, 0) is 5.56 Å². The van der Waals surface area contributed by atoms with Crippen LogP contribution in [0.5, 0.6) is 0 Å². The lowest BCUT2D eigenvalue weighted by molar-refractivity contribution is -0.385. The molecule has 0 N–H and O–H groups in total. The maximum Gasteiger partial charge on any atom is 0.287 e. The van der Waals surface area contributed by atoms with Gasteiger partial charge in [0.05, 0.1) is 4.92 Å². The molecule has 1 radical (unpaired) electrons. The molecule has 0 amide bonds. The average molecular weight is 201 g/mol. The number of nitrogens with zero attached hydrogens (tertiary/aromatic N) is 2. The van der Waals surface area contributed by atoms with Crippen molar-refractivity contribution in [1.29, 1.82) is 5.26 Å². The van der Waals surface area contributed by atoms with Crippen molar-refractivity contribution in [2.45, 2.75) is 6.92 Å². The molecule has 0 aliphatic rings. The SMILES string of the molecule is C=C[C](C)c1cccc([N+](=O)[O-])c1C#N. The van der Waals surface area contributed by atoms with Gasteiger partial charge in [-0.1, -0.05) is 25.1 Å². The molecule has 0 aromatic heterocycles. The number of hydrogen-bond acceptors (Lipinski definition) is 3. The molecule has 1 aromatic carbocycles. The molecule has 0 spiro atoms. The van der Waals surface area contributed by atoms with Crippen LogP contribution in [0.15, 0.2) is 30.9 Å². The molecule has 0 saturated heterocycles. The molecule has 4 nitrogen and oxygen atoms in total. The minimum atomic E-state index is -0.557. The van der Waals surface area contributed by atoms with Gasteiger partial charge in [0, 0.05) is 12.0 Å². The lowest BCUT2D eigenvalue weighted by Gasteiger charge is -2.07. The smallest absolute Gasteiger partial charge is 0.258 e. The van der Waals surface area contributed by atoms with Gasteiger partial charge >= 0.3 is 0 Å². The zero-order chi connectivity index (χ0) is 11.4. The van der Waals surface area contributed by atoms with Crippen molar-refractivity contribution >= 4 is 5.69 Å². The van der Waals surface area contributed by atoms with Gasteiger partial charge in [0.15, 0.2) is 0 Å². The predicted octanol–water partition coefficient (Wildman–Crippen LogP) is 2.59. The number of allylic oxidation sites excluding steroid dienone is 1. The van der Waals surface area contributed by atoms with Crippen molar-refractivity contribution in [2.24, 2.45) is 0 Å². The Bertz CT molecular complexity index is 446. The van der Waals surface area contributed by atoms with E-state index in [4.69, 9.17) is 5.26 Å². The molecule has 0 fully saturated rings. The maximum absolute atomic E-state index is 10.7. The molecule has 75 valence electrons. The fourth-order valence-electron chi connectivity index (χ4n) is 1.25. The summed E-state index contributed by atoms with van der Waals surface area (Å²) in [6, 6.07) is 6.39. The second-order valence-corrected chi connectivity index (χ2v) is 2.96. The van der Waals surface area contributed by atoms with Crippen molar-refractivity contribution in [3.8, 4) is 6.07 Å². The Kier molecular flexibility index (Phi) is 3.19. The van der Waals surface area contributed by atoms with E-state index in [2.05, 4.69) is 6.58 Å². The molecule has 0 atom stereocenters. The van der Waals surface area contributed by atoms with Crippen LogP contribution in [0.3, 0.4) is 0 Å². The average Bonchev–Trinajstić information content (AvgIpc) is 2.26. The molecule has 15 heavy (non-hydrogen) atoms. The summed E-state index contributed by atoms with van der Waals surface area (Å²) >= 11 is 0. The molecule has 0 saturated carbocycles. The molecule has 0 aliphatic heterocycles. The third-order valence-corrected chi connectivity index (χ3v) is 2.08. The summed E-state index contributed by atoms with van der Waals surface area (Å²) in [6.45, 7) is 5.33. The fraction of sp³-hybridized carbons (Fsp3) is 0.0909. The third kappa shape index (κ3) is 2.02. The standard InChI is InChI=1S/C11H9N2O2/c1-3-8(2)9-5-4-6-11(13(14)15)10(9)7-12/h3-6H,1H2,2H3. The molecule has 0 aliphatic carbocycles. The largest absolute Gasteiger partial charge is 0.287 e. The van der Waals surface area contributed by atoms with E-state index in [9.17, 15) is 10.1 Å². The van der Waals surface area contributed by atoms with E-state index in [1.807, 2.05) is 6.07 Å². The molecule has 0 unspecified atom stereocenters. The van der Waals surface area contributed by atoms with Crippen LogP contribution < -0.4 is 0 Å². The molecular weight excluding hydrogens is 192 g/mol. The van der Waals surface area contributed by atoms with Crippen LogP contribution in [-0.4, -0.2) is 4.92 Å². The zero-order valence-electron chi connectivity index (χ0n) is 8.23. The summed E-state index contributed by atoms with van der Waals surface area (Å²) in [4.78, 5) is 10.1. The van der Waals surface area contributed by atoms with Crippen LogP contribution in [0.4, 0.5) is 5.69 Å². The molecule has 0 bridgehead atoms. The number of nitro benzene ring substituents is 1. The monoisotopic (exact) mass is 201 g/mol. The van der Waals surface area contributed by atoms with Gasteiger partial charge in [0.1, 0.15) is 11.6 Å². The van der Waals surface area contributed by atoms with Gasteiger partial charge in [-0.2, -0.15) is 5.26 Å². The van der Waals surface area contributed by atoms with E-state index >= 15 is 0 Å². The normalized spacial score (nSPS) is 9.67. The Morgan fingerprint density at radius 3 is 2.80 bits per heavy atom. The van der Waals surface area contributed by atoms with Gasteiger partial charge in [-0.3, -0.25) is 10.1 Å². The van der Waals surface area contributed by atoms with Gasteiger partial charge < -0.3 is 0 Å². The topological polar surface area (TPSA) is 66.9 Å². The minimum Gasteiger partial charge on any atom is -0.258 e. The first-order chi connectivity index (χ1) is 7.11. The fourth-order valence-corrected chi connectivity index (χ4v) is 1.25. The number of hydrogen-bond donors (Lipinski definition) is 0. The quantitative estimate of drug-likeness (QED) is 0.557. The Labute approximate surface area is 87.6 Å². The van der Waals surface area contributed by atoms with Crippen molar-refractivity contribution < 1.29 is 4.92 Å². The van der Waals surface area contributed by atoms with Gasteiger partial charge in [-0.25, -0.2) is 0 Å². The van der Waals surface area contributed by atoms with Crippen molar-refractivity contribution in [1.82, 2.24) is 0 Å². The molecular formula is C11H9N2O2. The van der Waals surface area contributed by atoms with E-state index < -0.39 is 4.92 Å². The number of benzene rings is 1. The highest BCUT2D eigenvalue weighted by Gasteiger charge is 2.19. The zero-order valence-corrected chi connectivity index (χ0v) is 8.23. The molecule has 0 heterocycles. The van der Waals surface area contributed by atoms with Crippen molar-refractivity contribution in [3.05, 3.63) is 58.0 Å². The first-order valence-electron chi connectivity index (χ1n) is 4.25. The second kappa shape index (κ2) is 4.38. The van der Waals surface area contributed by atoms with Crippen molar-refractivity contribution in [2.75, 3.05) is 0 Å². The predicted molar refractivity (Wildman–Crippen MR) is 56.0 cm³/mol. The lowest BCUT2D eigenvalue weighted by Crippen LogP contribution is -1.99. The van der Waals surface area contributed by atoms with Crippen molar-refractivity contribution in [3.63, 3.8) is 0 Å². The lowest BCUT2D eigenvalue weighted by atomic mass is 9.95. The summed E-state index contributed by atoms with van der Waals surface area (Å²) in [5.74, 6) is 0.746. The second-order valence-electron chi connectivity index (χ2n) is 2.96. The first kappa shape index (κ1) is 10.9. The Morgan fingerprint density at radius 2 is 2.33 bits per heavy atom. The molecule has 1 aromatic rings. The van der Waals surface area contributed by atoms with Crippen LogP contribution in [-0.2, 0) is 0 Å². The van der Waals surface area contributed by atoms with E-state index in [1.54, 1.807) is 25.1 Å². The highest BCUT2D eigenvalue weighted by molar-refractivity contribution is 5.58. The van der Waals surface area contributed by atoms with Crippen LogP contribution >= 0.6 is 0 Å². The Balaban J connectivity index is 3.42. The minimum absolute atomic E-state index is 0.0832. The van der Waals surface area contributed by atoms with E-state index in [1.165, 1.54) is 6.07 Å². The summed E-state index contributed by atoms with van der Waals surface area (Å²) in [7, 11) is 0. The molecule has 1 rings (SSSR count). The Hall–Kier alpha value is -2.15. The highest BCUT2D eigenvalue weighted by atomic mass is 16.6. The van der Waals surface area contributed by atoms with Gasteiger partial charge in [0.2, 0.25) is 0 Å². The number of nitriles is 1. The van der Waals surface area contributed by atoms with E-state index in [0.717, 1.165) is 5.92 Å². The number of nitro groups is 1. The highest BCUT2D eigenvalue weighted by Crippen LogP contribution is 2.26. The van der Waals surface area contributed by atoms with Gasteiger partial charge in [0.25, 0.3) is 5.69 Å². The van der Waals surface area contributed by atoms with E-state index in [-0.39, 0.29) is 11.3 Å². The summed E-state index contributed by atoms with van der Waals surface area (Å²) in [6.07, 6.45) is 1.57. The third-order valence-electron chi connectivity index (χ3n) is 2.08. The summed E-state index contributed by atoms with van der Waals surface area (Å²) in [5.41, 5.74) is 0.470. The van der Waals surface area contributed by atoms with E-state index in [0.29, 0.717) is 5.56 Å². The van der Waals surface area contributed by atoms with Crippen LogP contribution in [0.25, 0.3) is 0 Å². The van der Waals surface area contributed by atoms with Gasteiger partial charge in [-0.15, -0.1) is 6.58 Å². The Morgan fingerprint density at radius 1 is 1.67 bits per heavy atom. The van der Waals surface area contributed by atoms with Crippen LogP contribution in [0.1, 0.15) is 18.1 Å². The van der Waals surface area contributed by atoms with Crippen LogP contribution in [0, 0.1) is 27.4 Å². The number of rotatable bonds is 3. The summed E-state index contributed by atoms with van der Waals surface area (Å²) < 4.78 is 0.